The second kappa shape index (κ2) is 4.73. The smallest absolute Gasteiger partial charge is 0.133 e. The third-order valence-corrected chi connectivity index (χ3v) is 2.09. The summed E-state index contributed by atoms with van der Waals surface area (Å²) in [6.07, 6.45) is 0. The van der Waals surface area contributed by atoms with Crippen LogP contribution in [-0.4, -0.2) is 12.0 Å². The Morgan fingerprint density at radius 3 is 2.75 bits per heavy atom. The summed E-state index contributed by atoms with van der Waals surface area (Å²) in [6.45, 7) is 2.43. The van der Waals surface area contributed by atoms with E-state index in [-0.39, 0.29) is 5.38 Å². The molecule has 3 heteroatoms. The monoisotopic (exact) mass is 248 g/mol. The number of ether oxygens (including phenoxy) is 1. The van der Waals surface area contributed by atoms with Gasteiger partial charge in [-0.15, -0.1) is 11.6 Å². The molecule has 12 heavy (non-hydrogen) atoms. The predicted molar refractivity (Wildman–Crippen MR) is 55.0 cm³/mol. The van der Waals surface area contributed by atoms with Crippen molar-refractivity contribution in [2.45, 2.75) is 12.3 Å². The molecular formula is C9H10BrClO. The molecule has 0 aliphatic heterocycles. The van der Waals surface area contributed by atoms with Crippen LogP contribution in [0.2, 0.25) is 0 Å². The van der Waals surface area contributed by atoms with Crippen molar-refractivity contribution in [1.29, 1.82) is 0 Å². The quantitative estimate of drug-likeness (QED) is 0.746. The number of halogens is 2. The molecular weight excluding hydrogens is 239 g/mol. The normalized spacial score (nSPS) is 12.6. The summed E-state index contributed by atoms with van der Waals surface area (Å²) in [7, 11) is 0. The molecule has 0 radical (unpaired) electrons. The minimum Gasteiger partial charge on any atom is -0.491 e. The highest BCUT2D eigenvalue weighted by molar-refractivity contribution is 9.10. The maximum Gasteiger partial charge on any atom is 0.133 e. The molecule has 0 fully saturated rings. The third kappa shape index (κ3) is 3.03. The van der Waals surface area contributed by atoms with Crippen LogP contribution in [0.3, 0.4) is 0 Å². The number of para-hydroxylation sites is 1. The van der Waals surface area contributed by atoms with Crippen LogP contribution in [0, 0.1) is 0 Å². The van der Waals surface area contributed by atoms with E-state index in [4.69, 9.17) is 16.3 Å². The van der Waals surface area contributed by atoms with Gasteiger partial charge >= 0.3 is 0 Å². The topological polar surface area (TPSA) is 9.23 Å². The molecule has 0 amide bonds. The third-order valence-electron chi connectivity index (χ3n) is 1.31. The Balaban J connectivity index is 2.57. The highest BCUT2D eigenvalue weighted by Gasteiger charge is 2.00. The van der Waals surface area contributed by atoms with Gasteiger partial charge in [0, 0.05) is 0 Å². The summed E-state index contributed by atoms with van der Waals surface area (Å²) < 4.78 is 6.38. The summed E-state index contributed by atoms with van der Waals surface area (Å²) in [5, 5.41) is 0.0390. The van der Waals surface area contributed by atoms with Gasteiger partial charge < -0.3 is 4.74 Å². The van der Waals surface area contributed by atoms with Crippen LogP contribution < -0.4 is 4.74 Å². The molecule has 0 saturated heterocycles. The van der Waals surface area contributed by atoms with Gasteiger partial charge in [0.2, 0.25) is 0 Å². The lowest BCUT2D eigenvalue weighted by Gasteiger charge is -2.08. The number of alkyl halides is 1. The van der Waals surface area contributed by atoms with Gasteiger partial charge in [-0.1, -0.05) is 12.1 Å². The summed E-state index contributed by atoms with van der Waals surface area (Å²) in [4.78, 5) is 0. The lowest BCUT2D eigenvalue weighted by molar-refractivity contribution is 0.318. The first-order valence-electron chi connectivity index (χ1n) is 3.71. The summed E-state index contributed by atoms with van der Waals surface area (Å²) >= 11 is 9.12. The first-order valence-corrected chi connectivity index (χ1v) is 4.94. The fourth-order valence-electron chi connectivity index (χ4n) is 0.766. The highest BCUT2D eigenvalue weighted by atomic mass is 79.9. The standard InChI is InChI=1S/C9H10BrClO/c1-7(11)6-12-9-5-3-2-4-8(9)10/h2-5,7H,6H2,1H3. The van der Waals surface area contributed by atoms with Crippen molar-refractivity contribution < 1.29 is 4.74 Å². The summed E-state index contributed by atoms with van der Waals surface area (Å²) in [5.74, 6) is 0.838. The van der Waals surface area contributed by atoms with E-state index in [1.54, 1.807) is 0 Å². The number of hydrogen-bond acceptors (Lipinski definition) is 1. The van der Waals surface area contributed by atoms with E-state index in [1.807, 2.05) is 31.2 Å². The maximum absolute atomic E-state index is 5.74. The molecule has 0 heterocycles. The largest absolute Gasteiger partial charge is 0.491 e. The minimum absolute atomic E-state index is 0.0390. The Morgan fingerprint density at radius 1 is 1.50 bits per heavy atom. The first kappa shape index (κ1) is 9.87. The second-order valence-electron chi connectivity index (χ2n) is 2.52. The molecule has 0 spiro atoms. The second-order valence-corrected chi connectivity index (χ2v) is 4.12. The Kier molecular flexibility index (Phi) is 3.89. The number of hydrogen-bond donors (Lipinski definition) is 0. The summed E-state index contributed by atoms with van der Waals surface area (Å²) in [6, 6.07) is 7.72. The molecule has 1 rings (SSSR count). The Labute approximate surface area is 85.8 Å². The van der Waals surface area contributed by atoms with Gasteiger partial charge in [-0.3, -0.25) is 0 Å². The van der Waals surface area contributed by atoms with Gasteiger partial charge in [0.05, 0.1) is 9.85 Å². The van der Waals surface area contributed by atoms with Crippen LogP contribution in [-0.2, 0) is 0 Å². The SMILES string of the molecule is CC(Cl)COc1ccccc1Br. The highest BCUT2D eigenvalue weighted by Crippen LogP contribution is 2.23. The van der Waals surface area contributed by atoms with Crippen LogP contribution in [0.4, 0.5) is 0 Å². The Hall–Kier alpha value is -0.210. The van der Waals surface area contributed by atoms with Gasteiger partial charge in [-0.25, -0.2) is 0 Å². The molecule has 1 aromatic carbocycles. The average molecular weight is 250 g/mol. The van der Waals surface area contributed by atoms with E-state index in [9.17, 15) is 0 Å². The van der Waals surface area contributed by atoms with Crippen LogP contribution in [0.5, 0.6) is 5.75 Å². The fraction of sp³-hybridized carbons (Fsp3) is 0.333. The average Bonchev–Trinajstić information content (AvgIpc) is 2.03. The molecule has 0 aliphatic carbocycles. The first-order chi connectivity index (χ1) is 5.70. The number of benzene rings is 1. The molecule has 0 bridgehead atoms. The van der Waals surface area contributed by atoms with E-state index in [0.717, 1.165) is 10.2 Å². The van der Waals surface area contributed by atoms with Crippen molar-refractivity contribution in [3.8, 4) is 5.75 Å². The molecule has 0 N–H and O–H groups in total. The zero-order chi connectivity index (χ0) is 8.97. The van der Waals surface area contributed by atoms with Gasteiger partial charge in [-0.2, -0.15) is 0 Å². The molecule has 66 valence electrons. The molecule has 0 aromatic heterocycles. The molecule has 1 unspecified atom stereocenters. The van der Waals surface area contributed by atoms with Crippen molar-refractivity contribution in [2.24, 2.45) is 0 Å². The molecule has 1 aromatic rings. The van der Waals surface area contributed by atoms with E-state index in [0.29, 0.717) is 6.61 Å². The Morgan fingerprint density at radius 2 is 2.17 bits per heavy atom. The lowest BCUT2D eigenvalue weighted by Crippen LogP contribution is -2.07. The lowest BCUT2D eigenvalue weighted by atomic mass is 10.3. The molecule has 1 atom stereocenters. The van der Waals surface area contributed by atoms with Crippen molar-refractivity contribution in [3.05, 3.63) is 28.7 Å². The van der Waals surface area contributed by atoms with Crippen LogP contribution in [0.1, 0.15) is 6.92 Å². The minimum atomic E-state index is 0.0390. The Bertz CT molecular complexity index is 250. The van der Waals surface area contributed by atoms with E-state index < -0.39 is 0 Å². The van der Waals surface area contributed by atoms with Gasteiger partial charge in [0.15, 0.2) is 0 Å². The van der Waals surface area contributed by atoms with Crippen molar-refractivity contribution in [1.82, 2.24) is 0 Å². The molecule has 0 aliphatic rings. The van der Waals surface area contributed by atoms with Crippen LogP contribution >= 0.6 is 27.5 Å². The van der Waals surface area contributed by atoms with E-state index in [2.05, 4.69) is 15.9 Å². The van der Waals surface area contributed by atoms with E-state index in [1.165, 1.54) is 0 Å². The van der Waals surface area contributed by atoms with Gasteiger partial charge in [-0.05, 0) is 35.0 Å². The molecule has 0 saturated carbocycles. The van der Waals surface area contributed by atoms with Gasteiger partial charge in [0.25, 0.3) is 0 Å². The zero-order valence-electron chi connectivity index (χ0n) is 6.76. The molecule has 1 nitrogen and oxygen atoms in total. The maximum atomic E-state index is 5.74. The predicted octanol–water partition coefficient (Wildman–Crippen LogP) is 3.46. The number of rotatable bonds is 3. The fourth-order valence-corrected chi connectivity index (χ4v) is 1.23. The van der Waals surface area contributed by atoms with Crippen molar-refractivity contribution in [3.63, 3.8) is 0 Å². The zero-order valence-corrected chi connectivity index (χ0v) is 9.10. The van der Waals surface area contributed by atoms with Crippen molar-refractivity contribution >= 4 is 27.5 Å². The van der Waals surface area contributed by atoms with E-state index >= 15 is 0 Å². The van der Waals surface area contributed by atoms with Crippen molar-refractivity contribution in [2.75, 3.05) is 6.61 Å². The van der Waals surface area contributed by atoms with Gasteiger partial charge in [0.1, 0.15) is 12.4 Å². The van der Waals surface area contributed by atoms with Crippen LogP contribution in [0.25, 0.3) is 0 Å². The summed E-state index contributed by atoms with van der Waals surface area (Å²) in [5.41, 5.74) is 0. The van der Waals surface area contributed by atoms with Crippen LogP contribution in [0.15, 0.2) is 28.7 Å².